The summed E-state index contributed by atoms with van der Waals surface area (Å²) in [6.45, 7) is 2.49. The summed E-state index contributed by atoms with van der Waals surface area (Å²) >= 11 is 0. The molecule has 1 aliphatic rings. The molecule has 1 atom stereocenters. The van der Waals surface area contributed by atoms with Crippen LogP contribution >= 0.6 is 0 Å². The largest absolute Gasteiger partial charge is 0.497 e. The molecule has 3 aromatic rings. The first kappa shape index (κ1) is 17.2. The Morgan fingerprint density at radius 3 is 2.56 bits per heavy atom. The molecule has 0 bridgehead atoms. The van der Waals surface area contributed by atoms with E-state index < -0.39 is 0 Å². The second kappa shape index (κ2) is 7.19. The SMILES string of the molecule is COc1ccc(CCN2C(=O)c3ccccc3N[C@H]2c2ccc(C)o2)cc1. The minimum absolute atomic E-state index is 0.0110. The maximum Gasteiger partial charge on any atom is 0.257 e. The molecular formula is C22H22N2O3. The number of nitrogens with one attached hydrogen (secondary N) is 1. The van der Waals surface area contributed by atoms with Gasteiger partial charge >= 0.3 is 0 Å². The number of fused-ring (bicyclic) bond motifs is 1. The van der Waals surface area contributed by atoms with Crippen LogP contribution in [0.25, 0.3) is 0 Å². The number of para-hydroxylation sites is 1. The van der Waals surface area contributed by atoms with E-state index in [0.717, 1.165) is 34.9 Å². The van der Waals surface area contributed by atoms with Crippen molar-refractivity contribution in [3.05, 3.63) is 83.3 Å². The van der Waals surface area contributed by atoms with E-state index in [1.54, 1.807) is 7.11 Å². The number of methoxy groups -OCH3 is 1. The van der Waals surface area contributed by atoms with Gasteiger partial charge in [0, 0.05) is 12.2 Å². The lowest BCUT2D eigenvalue weighted by Gasteiger charge is -2.36. The first-order chi connectivity index (χ1) is 13.2. The summed E-state index contributed by atoms with van der Waals surface area (Å²) < 4.78 is 11.0. The molecule has 1 aliphatic heterocycles. The lowest BCUT2D eigenvalue weighted by atomic mass is 10.0. The molecule has 2 aromatic carbocycles. The van der Waals surface area contributed by atoms with E-state index >= 15 is 0 Å². The first-order valence-corrected chi connectivity index (χ1v) is 9.01. The molecule has 138 valence electrons. The fourth-order valence-corrected chi connectivity index (χ4v) is 3.39. The molecule has 5 heteroatoms. The van der Waals surface area contributed by atoms with E-state index in [-0.39, 0.29) is 12.1 Å². The Labute approximate surface area is 158 Å². The van der Waals surface area contributed by atoms with Gasteiger partial charge in [-0.25, -0.2) is 0 Å². The number of anilines is 1. The minimum Gasteiger partial charge on any atom is -0.497 e. The highest BCUT2D eigenvalue weighted by atomic mass is 16.5. The molecule has 1 N–H and O–H groups in total. The Morgan fingerprint density at radius 2 is 1.85 bits per heavy atom. The van der Waals surface area contributed by atoms with E-state index in [2.05, 4.69) is 5.32 Å². The van der Waals surface area contributed by atoms with Crippen molar-refractivity contribution in [2.45, 2.75) is 19.5 Å². The summed E-state index contributed by atoms with van der Waals surface area (Å²) in [6, 6.07) is 19.4. The standard InChI is InChI=1S/C22H22N2O3/c1-15-7-12-20(27-15)21-23-19-6-4-3-5-18(19)22(25)24(21)14-13-16-8-10-17(26-2)11-9-16/h3-12,21,23H,13-14H2,1-2H3/t21-/m1/s1. The van der Waals surface area contributed by atoms with Crippen LogP contribution in [-0.4, -0.2) is 24.5 Å². The third kappa shape index (κ3) is 3.40. The number of nitrogens with zero attached hydrogens (tertiary/aromatic N) is 1. The van der Waals surface area contributed by atoms with Crippen molar-refractivity contribution in [3.63, 3.8) is 0 Å². The summed E-state index contributed by atoms with van der Waals surface area (Å²) in [5, 5.41) is 3.45. The van der Waals surface area contributed by atoms with E-state index in [0.29, 0.717) is 12.1 Å². The number of furan rings is 1. The van der Waals surface area contributed by atoms with Gasteiger partial charge in [0.25, 0.3) is 5.91 Å². The van der Waals surface area contributed by atoms with E-state index in [1.165, 1.54) is 0 Å². The Kier molecular flexibility index (Phi) is 4.59. The third-order valence-electron chi connectivity index (χ3n) is 4.85. The summed E-state index contributed by atoms with van der Waals surface area (Å²) in [7, 11) is 1.65. The molecule has 0 saturated heterocycles. The second-order valence-electron chi connectivity index (χ2n) is 6.64. The Bertz CT molecular complexity index is 946. The smallest absolute Gasteiger partial charge is 0.257 e. The molecule has 0 fully saturated rings. The molecule has 27 heavy (non-hydrogen) atoms. The zero-order chi connectivity index (χ0) is 18.8. The first-order valence-electron chi connectivity index (χ1n) is 9.01. The van der Waals surface area contributed by atoms with Crippen molar-refractivity contribution >= 4 is 11.6 Å². The van der Waals surface area contributed by atoms with Crippen LogP contribution in [-0.2, 0) is 6.42 Å². The van der Waals surface area contributed by atoms with Crippen LogP contribution in [0.1, 0.15) is 33.6 Å². The highest BCUT2D eigenvalue weighted by Crippen LogP contribution is 2.33. The average molecular weight is 362 g/mol. The lowest BCUT2D eigenvalue weighted by molar-refractivity contribution is 0.0665. The summed E-state index contributed by atoms with van der Waals surface area (Å²) in [4.78, 5) is 15.0. The molecule has 2 heterocycles. The average Bonchev–Trinajstić information content (AvgIpc) is 3.14. The van der Waals surface area contributed by atoms with Gasteiger partial charge in [-0.3, -0.25) is 4.79 Å². The summed E-state index contributed by atoms with van der Waals surface area (Å²) in [5.41, 5.74) is 2.67. The highest BCUT2D eigenvalue weighted by Gasteiger charge is 2.34. The quantitative estimate of drug-likeness (QED) is 0.731. The van der Waals surface area contributed by atoms with Crippen LogP contribution < -0.4 is 10.1 Å². The fourth-order valence-electron chi connectivity index (χ4n) is 3.39. The number of hydrogen-bond acceptors (Lipinski definition) is 4. The minimum atomic E-state index is -0.320. The Balaban J connectivity index is 1.61. The molecule has 0 aliphatic carbocycles. The van der Waals surface area contributed by atoms with Gasteiger partial charge < -0.3 is 19.4 Å². The van der Waals surface area contributed by atoms with Gasteiger partial charge in [-0.05, 0) is 55.3 Å². The monoisotopic (exact) mass is 362 g/mol. The van der Waals surface area contributed by atoms with E-state index in [1.807, 2.05) is 72.5 Å². The Hall–Kier alpha value is -3.21. The van der Waals surface area contributed by atoms with Crippen LogP contribution in [0.5, 0.6) is 5.75 Å². The van der Waals surface area contributed by atoms with Gasteiger partial charge in [0.15, 0.2) is 6.17 Å². The predicted molar refractivity (Wildman–Crippen MR) is 104 cm³/mol. The number of ether oxygens (including phenoxy) is 1. The highest BCUT2D eigenvalue weighted by molar-refractivity contribution is 6.01. The van der Waals surface area contributed by atoms with Gasteiger partial charge in [-0.15, -0.1) is 0 Å². The van der Waals surface area contributed by atoms with Crippen molar-refractivity contribution in [3.8, 4) is 5.75 Å². The normalized spacial score (nSPS) is 16.0. The van der Waals surface area contributed by atoms with Gasteiger partial charge in [-0.1, -0.05) is 24.3 Å². The summed E-state index contributed by atoms with van der Waals surface area (Å²) in [6.07, 6.45) is 0.426. The van der Waals surface area contributed by atoms with E-state index in [4.69, 9.17) is 9.15 Å². The third-order valence-corrected chi connectivity index (χ3v) is 4.85. The zero-order valence-corrected chi connectivity index (χ0v) is 15.4. The van der Waals surface area contributed by atoms with Crippen LogP contribution in [0, 0.1) is 6.92 Å². The van der Waals surface area contributed by atoms with Crippen LogP contribution in [0.2, 0.25) is 0 Å². The van der Waals surface area contributed by atoms with Gasteiger partial charge in [0.1, 0.15) is 17.3 Å². The number of rotatable bonds is 5. The van der Waals surface area contributed by atoms with Gasteiger partial charge in [-0.2, -0.15) is 0 Å². The maximum absolute atomic E-state index is 13.2. The number of carbonyl (C=O) groups excluding carboxylic acids is 1. The van der Waals surface area contributed by atoms with Crippen molar-refractivity contribution in [2.75, 3.05) is 19.0 Å². The molecule has 1 amide bonds. The lowest BCUT2D eigenvalue weighted by Crippen LogP contribution is -2.43. The molecule has 0 unspecified atom stereocenters. The molecule has 0 radical (unpaired) electrons. The molecule has 4 rings (SSSR count). The number of amides is 1. The van der Waals surface area contributed by atoms with Crippen LogP contribution in [0.15, 0.2) is 65.1 Å². The molecule has 0 saturated carbocycles. The van der Waals surface area contributed by atoms with Crippen molar-refractivity contribution in [1.29, 1.82) is 0 Å². The maximum atomic E-state index is 13.2. The topological polar surface area (TPSA) is 54.7 Å². The molecule has 0 spiro atoms. The summed E-state index contributed by atoms with van der Waals surface area (Å²) in [5.74, 6) is 2.41. The number of carbonyl (C=O) groups is 1. The second-order valence-corrected chi connectivity index (χ2v) is 6.64. The van der Waals surface area contributed by atoms with Crippen LogP contribution in [0.3, 0.4) is 0 Å². The number of hydrogen-bond donors (Lipinski definition) is 1. The number of benzene rings is 2. The van der Waals surface area contributed by atoms with Crippen LogP contribution in [0.4, 0.5) is 5.69 Å². The zero-order valence-electron chi connectivity index (χ0n) is 15.4. The Morgan fingerprint density at radius 1 is 1.07 bits per heavy atom. The predicted octanol–water partition coefficient (Wildman–Crippen LogP) is 4.41. The van der Waals surface area contributed by atoms with Crippen molar-refractivity contribution in [2.24, 2.45) is 0 Å². The fraction of sp³-hybridized carbons (Fsp3) is 0.227. The van der Waals surface area contributed by atoms with Gasteiger partial charge in [0.05, 0.1) is 12.7 Å². The van der Waals surface area contributed by atoms with Crippen molar-refractivity contribution < 1.29 is 13.9 Å². The van der Waals surface area contributed by atoms with Gasteiger partial charge in [0.2, 0.25) is 0 Å². The number of aryl methyl sites for hydroxylation is 1. The molecular weight excluding hydrogens is 340 g/mol. The molecule has 5 nitrogen and oxygen atoms in total. The van der Waals surface area contributed by atoms with E-state index in [9.17, 15) is 4.79 Å². The van der Waals surface area contributed by atoms with Crippen molar-refractivity contribution in [1.82, 2.24) is 4.90 Å². The molecule has 1 aromatic heterocycles.